The first kappa shape index (κ1) is 18.9. The number of ether oxygens (including phenoxy) is 2. The molecule has 1 aromatic carbocycles. The molecule has 1 aliphatic heterocycles. The molecule has 8 heteroatoms. The number of hydrogen-bond acceptors (Lipinski definition) is 6. The van der Waals surface area contributed by atoms with Gasteiger partial charge < -0.3 is 19.9 Å². The summed E-state index contributed by atoms with van der Waals surface area (Å²) in [6.07, 6.45) is -0.813. The van der Waals surface area contributed by atoms with E-state index in [2.05, 4.69) is 10.6 Å². The van der Waals surface area contributed by atoms with Crippen molar-refractivity contribution in [2.75, 3.05) is 32.4 Å². The molecule has 0 aromatic heterocycles. The third-order valence-corrected chi connectivity index (χ3v) is 4.20. The van der Waals surface area contributed by atoms with Crippen molar-refractivity contribution in [1.82, 2.24) is 10.6 Å². The van der Waals surface area contributed by atoms with Crippen LogP contribution in [0.25, 0.3) is 0 Å². The molecule has 2 unspecified atom stereocenters. The summed E-state index contributed by atoms with van der Waals surface area (Å²) in [5.74, 6) is 2.66. The fraction of sp³-hybridized carbons (Fsp3) is 0.500. The Hall–Kier alpha value is -1.15. The highest BCUT2D eigenvalue weighted by molar-refractivity contribution is 7.99. The molecule has 1 amide bonds. The van der Waals surface area contributed by atoms with Gasteiger partial charge in [-0.05, 0) is 17.7 Å². The topological polar surface area (TPSA) is 79.8 Å². The third kappa shape index (κ3) is 4.95. The predicted octanol–water partition coefficient (Wildman–Crippen LogP) is 0.938. The number of nitrogens with one attached hydrogen (secondary N) is 2. The van der Waals surface area contributed by atoms with E-state index in [1.54, 1.807) is 44.2 Å². The lowest BCUT2D eigenvalue weighted by Crippen LogP contribution is -2.43. The van der Waals surface area contributed by atoms with Crippen LogP contribution < -0.4 is 20.1 Å². The van der Waals surface area contributed by atoms with Gasteiger partial charge in [0.15, 0.2) is 0 Å². The summed E-state index contributed by atoms with van der Waals surface area (Å²) in [6, 6.07) is 5.00. The summed E-state index contributed by atoms with van der Waals surface area (Å²) in [4.78, 5) is 11.9. The lowest BCUT2D eigenvalue weighted by Gasteiger charge is -2.16. The van der Waals surface area contributed by atoms with Crippen molar-refractivity contribution in [3.63, 3.8) is 0 Å². The molecule has 1 aliphatic rings. The van der Waals surface area contributed by atoms with E-state index in [-0.39, 0.29) is 30.9 Å². The highest BCUT2D eigenvalue weighted by atomic mass is 35.5. The molecular formula is C14H21ClN2O4S. The average Bonchev–Trinajstić information content (AvgIpc) is 3.06. The van der Waals surface area contributed by atoms with Crippen LogP contribution in [0.2, 0.25) is 0 Å². The van der Waals surface area contributed by atoms with Crippen LogP contribution in [0.15, 0.2) is 18.2 Å². The van der Waals surface area contributed by atoms with E-state index in [1.807, 2.05) is 0 Å². The molecule has 22 heavy (non-hydrogen) atoms. The van der Waals surface area contributed by atoms with Crippen LogP contribution in [0, 0.1) is 0 Å². The molecule has 1 aromatic rings. The van der Waals surface area contributed by atoms with Crippen molar-refractivity contribution in [2.45, 2.75) is 12.1 Å². The van der Waals surface area contributed by atoms with Gasteiger partial charge in [-0.25, -0.2) is 0 Å². The smallest absolute Gasteiger partial charge is 0.238 e. The molecule has 0 bridgehead atoms. The van der Waals surface area contributed by atoms with E-state index in [4.69, 9.17) is 9.47 Å². The van der Waals surface area contributed by atoms with Gasteiger partial charge in [-0.2, -0.15) is 0 Å². The number of methoxy groups -OCH3 is 2. The fourth-order valence-electron chi connectivity index (χ4n) is 2.02. The number of carbonyl (C=O) groups excluding carboxylic acids is 1. The van der Waals surface area contributed by atoms with Crippen LogP contribution in [0.5, 0.6) is 11.5 Å². The van der Waals surface area contributed by atoms with Crippen molar-refractivity contribution < 1.29 is 19.4 Å². The third-order valence-electron chi connectivity index (χ3n) is 3.26. The maximum Gasteiger partial charge on any atom is 0.238 e. The van der Waals surface area contributed by atoms with Crippen molar-refractivity contribution in [3.8, 4) is 11.5 Å². The van der Waals surface area contributed by atoms with Gasteiger partial charge in [0.25, 0.3) is 0 Å². The Labute approximate surface area is 140 Å². The summed E-state index contributed by atoms with van der Waals surface area (Å²) in [5, 5.41) is 16.0. The van der Waals surface area contributed by atoms with E-state index in [1.165, 1.54) is 0 Å². The van der Waals surface area contributed by atoms with Crippen molar-refractivity contribution in [1.29, 1.82) is 0 Å². The molecule has 2 atom stereocenters. The van der Waals surface area contributed by atoms with Gasteiger partial charge >= 0.3 is 0 Å². The van der Waals surface area contributed by atoms with Crippen LogP contribution in [-0.2, 0) is 4.79 Å². The first-order valence-corrected chi connectivity index (χ1v) is 7.79. The Morgan fingerprint density at radius 1 is 1.41 bits per heavy atom. The van der Waals surface area contributed by atoms with Crippen LogP contribution >= 0.6 is 24.2 Å². The van der Waals surface area contributed by atoms with Gasteiger partial charge in [0, 0.05) is 24.2 Å². The fourth-order valence-corrected chi connectivity index (χ4v) is 2.97. The molecule has 0 aliphatic carbocycles. The predicted molar refractivity (Wildman–Crippen MR) is 89.0 cm³/mol. The van der Waals surface area contributed by atoms with E-state index in [0.717, 1.165) is 11.6 Å². The Morgan fingerprint density at radius 2 is 2.05 bits per heavy atom. The lowest BCUT2D eigenvalue weighted by atomic mass is 10.1. The molecule has 0 saturated carbocycles. The average molecular weight is 349 g/mol. The number of amides is 1. The molecule has 1 fully saturated rings. The number of halogens is 1. The zero-order chi connectivity index (χ0) is 15.2. The Kier molecular flexibility index (Phi) is 7.81. The monoisotopic (exact) mass is 348 g/mol. The highest BCUT2D eigenvalue weighted by Crippen LogP contribution is 2.26. The van der Waals surface area contributed by atoms with Gasteiger partial charge in [0.1, 0.15) is 11.5 Å². The van der Waals surface area contributed by atoms with Crippen LogP contribution in [0.4, 0.5) is 0 Å². The molecule has 0 spiro atoms. The zero-order valence-corrected chi connectivity index (χ0v) is 14.1. The number of carbonyl (C=O) groups is 1. The molecule has 6 nitrogen and oxygen atoms in total. The zero-order valence-electron chi connectivity index (χ0n) is 12.5. The largest absolute Gasteiger partial charge is 0.497 e. The number of benzene rings is 1. The minimum atomic E-state index is -0.813. The quantitative estimate of drug-likeness (QED) is 0.710. The van der Waals surface area contributed by atoms with E-state index < -0.39 is 6.10 Å². The van der Waals surface area contributed by atoms with Crippen LogP contribution in [0.1, 0.15) is 11.7 Å². The van der Waals surface area contributed by atoms with E-state index in [9.17, 15) is 9.90 Å². The van der Waals surface area contributed by atoms with Crippen LogP contribution in [0.3, 0.4) is 0 Å². The number of thioether (sulfide) groups is 1. The van der Waals surface area contributed by atoms with Gasteiger partial charge in [-0.3, -0.25) is 10.1 Å². The van der Waals surface area contributed by atoms with Crippen molar-refractivity contribution in [2.24, 2.45) is 0 Å². The molecule has 124 valence electrons. The minimum absolute atomic E-state index is 0. The maximum atomic E-state index is 11.9. The first-order chi connectivity index (χ1) is 10.1. The summed E-state index contributed by atoms with van der Waals surface area (Å²) in [6.45, 7) is 0.151. The highest BCUT2D eigenvalue weighted by Gasteiger charge is 2.23. The second-order valence-electron chi connectivity index (χ2n) is 4.68. The molecular weight excluding hydrogens is 328 g/mol. The number of aliphatic hydroxyl groups is 1. The Morgan fingerprint density at radius 3 is 2.55 bits per heavy atom. The van der Waals surface area contributed by atoms with Crippen LogP contribution in [-0.4, -0.2) is 49.4 Å². The standard InChI is InChI=1S/C14H20N2O4S.ClH/c1-19-10-3-9(4-11(5-10)20-2)13(17)6-15-14(18)12-7-21-8-16-12;/h3-5,12-13,16-17H,6-8H2,1-2H3,(H,15,18);1H. The van der Waals surface area contributed by atoms with E-state index >= 15 is 0 Å². The molecule has 2 rings (SSSR count). The van der Waals surface area contributed by atoms with Gasteiger partial charge in [-0.15, -0.1) is 24.2 Å². The molecule has 0 radical (unpaired) electrons. The second-order valence-corrected chi connectivity index (χ2v) is 5.71. The summed E-state index contributed by atoms with van der Waals surface area (Å²) >= 11 is 1.68. The van der Waals surface area contributed by atoms with E-state index in [0.29, 0.717) is 17.1 Å². The molecule has 3 N–H and O–H groups in total. The SMILES string of the molecule is COc1cc(OC)cc(C(O)CNC(=O)C2CSCN2)c1.Cl. The number of hydrogen-bond donors (Lipinski definition) is 3. The number of aliphatic hydroxyl groups excluding tert-OH is 1. The molecule has 1 saturated heterocycles. The lowest BCUT2D eigenvalue weighted by molar-refractivity contribution is -0.122. The maximum absolute atomic E-state index is 11.9. The summed E-state index contributed by atoms with van der Waals surface area (Å²) in [7, 11) is 3.10. The first-order valence-electron chi connectivity index (χ1n) is 6.64. The van der Waals surface area contributed by atoms with Gasteiger partial charge in [-0.1, -0.05) is 0 Å². The number of rotatable bonds is 6. The van der Waals surface area contributed by atoms with Gasteiger partial charge in [0.05, 0.1) is 26.4 Å². The summed E-state index contributed by atoms with van der Waals surface area (Å²) in [5.41, 5.74) is 0.639. The normalized spacial score (nSPS) is 18.2. The Bertz CT molecular complexity index is 475. The minimum Gasteiger partial charge on any atom is -0.497 e. The summed E-state index contributed by atoms with van der Waals surface area (Å²) < 4.78 is 10.3. The molecule has 1 heterocycles. The van der Waals surface area contributed by atoms with Crippen molar-refractivity contribution >= 4 is 30.1 Å². The Balaban J connectivity index is 0.00000242. The van der Waals surface area contributed by atoms with Crippen molar-refractivity contribution in [3.05, 3.63) is 23.8 Å². The van der Waals surface area contributed by atoms with Gasteiger partial charge in [0.2, 0.25) is 5.91 Å². The second kappa shape index (κ2) is 9.09.